The van der Waals surface area contributed by atoms with E-state index in [4.69, 9.17) is 0 Å². The molecule has 0 bridgehead atoms. The lowest BCUT2D eigenvalue weighted by Crippen LogP contribution is -2.48. The van der Waals surface area contributed by atoms with E-state index < -0.39 is 10.0 Å². The van der Waals surface area contributed by atoms with Gasteiger partial charge in [0.05, 0.1) is 5.69 Å². The topological polar surface area (TPSA) is 40.6 Å². The fraction of sp³-hybridized carbons (Fsp3) is 0.727. The van der Waals surface area contributed by atoms with Gasteiger partial charge in [-0.15, -0.1) is 0 Å². The van der Waals surface area contributed by atoms with Crippen molar-refractivity contribution in [3.63, 3.8) is 0 Å². The molecule has 3 aliphatic rings. The smallest absolute Gasteiger partial charge is 0.245 e. The molecule has 0 aromatic heterocycles. The highest BCUT2D eigenvalue weighted by Crippen LogP contribution is 2.37. The summed E-state index contributed by atoms with van der Waals surface area (Å²) < 4.78 is 30.0. The van der Waals surface area contributed by atoms with Gasteiger partial charge in [0.15, 0.2) is 0 Å². The number of benzene rings is 1. The quantitative estimate of drug-likeness (QED) is 0.715. The lowest BCUT2D eigenvalue weighted by Gasteiger charge is -2.41. The van der Waals surface area contributed by atoms with E-state index in [0.29, 0.717) is 4.90 Å². The van der Waals surface area contributed by atoms with Gasteiger partial charge in [-0.25, -0.2) is 8.42 Å². The molecule has 4 rings (SSSR count). The molecule has 0 N–H and O–H groups in total. The Bertz CT molecular complexity index is 698. The molecule has 4 nitrogen and oxygen atoms in total. The normalized spacial score (nSPS) is 23.2. The fourth-order valence-electron chi connectivity index (χ4n) is 5.37. The summed E-state index contributed by atoms with van der Waals surface area (Å²) in [6.07, 6.45) is 13.6. The summed E-state index contributed by atoms with van der Waals surface area (Å²) in [4.78, 5) is 2.82. The van der Waals surface area contributed by atoms with Crippen molar-refractivity contribution in [1.29, 1.82) is 0 Å². The minimum atomic E-state index is -3.48. The minimum absolute atomic E-state index is 0.193. The molecule has 0 amide bonds. The number of hydrogen-bond donors (Lipinski definition) is 0. The Morgan fingerprint density at radius 1 is 0.741 bits per heavy atom. The van der Waals surface area contributed by atoms with Crippen LogP contribution in [0.1, 0.15) is 77.0 Å². The fourth-order valence-corrected chi connectivity index (χ4v) is 7.52. The molecule has 1 saturated heterocycles. The highest BCUT2D eigenvalue weighted by atomic mass is 32.2. The molecule has 2 saturated carbocycles. The van der Waals surface area contributed by atoms with Crippen LogP contribution in [0.2, 0.25) is 0 Å². The van der Waals surface area contributed by atoms with Gasteiger partial charge in [0, 0.05) is 25.2 Å². The van der Waals surface area contributed by atoms with E-state index in [2.05, 4.69) is 4.90 Å². The standard InChI is InChI=1S/C22H34N2O2S/c25-27(26,22-16-8-7-15-21(22)23-17-9-10-18-23)24(19-11-3-1-4-12-19)20-13-5-2-6-14-20/h7-8,15-16,19-20H,1-6,9-14,17-18H2. The van der Waals surface area contributed by atoms with E-state index in [1.165, 1.54) is 12.8 Å². The van der Waals surface area contributed by atoms with E-state index in [-0.39, 0.29) is 12.1 Å². The van der Waals surface area contributed by atoms with Gasteiger partial charge >= 0.3 is 0 Å². The van der Waals surface area contributed by atoms with E-state index in [9.17, 15) is 8.42 Å². The van der Waals surface area contributed by atoms with Crippen LogP contribution in [0, 0.1) is 0 Å². The first-order chi connectivity index (χ1) is 13.2. The molecule has 150 valence electrons. The number of rotatable bonds is 5. The Morgan fingerprint density at radius 3 is 1.81 bits per heavy atom. The third-order valence-corrected chi connectivity index (χ3v) is 8.79. The van der Waals surface area contributed by atoms with Crippen molar-refractivity contribution in [2.75, 3.05) is 18.0 Å². The molecule has 0 radical (unpaired) electrons. The van der Waals surface area contributed by atoms with Crippen molar-refractivity contribution < 1.29 is 8.42 Å². The van der Waals surface area contributed by atoms with Crippen molar-refractivity contribution >= 4 is 15.7 Å². The van der Waals surface area contributed by atoms with Crippen molar-refractivity contribution in [1.82, 2.24) is 4.31 Å². The molecule has 1 heterocycles. The first kappa shape index (κ1) is 19.3. The van der Waals surface area contributed by atoms with Crippen LogP contribution in [-0.4, -0.2) is 37.9 Å². The Hall–Kier alpha value is -1.07. The predicted octanol–water partition coefficient (Wildman–Crippen LogP) is 4.94. The molecular formula is C22H34N2O2S. The summed E-state index contributed by atoms with van der Waals surface area (Å²) in [5, 5.41) is 0. The van der Waals surface area contributed by atoms with Crippen LogP contribution >= 0.6 is 0 Å². The Kier molecular flexibility index (Phi) is 6.08. The van der Waals surface area contributed by atoms with Crippen LogP contribution < -0.4 is 4.90 Å². The zero-order valence-electron chi connectivity index (χ0n) is 16.5. The van der Waals surface area contributed by atoms with Gasteiger partial charge in [0.1, 0.15) is 4.90 Å². The van der Waals surface area contributed by atoms with Gasteiger partial charge < -0.3 is 4.90 Å². The van der Waals surface area contributed by atoms with Crippen LogP contribution in [0.15, 0.2) is 29.2 Å². The molecule has 1 aromatic carbocycles. The summed E-state index contributed by atoms with van der Waals surface area (Å²) in [6.45, 7) is 1.94. The molecule has 1 aliphatic heterocycles. The molecule has 0 atom stereocenters. The van der Waals surface area contributed by atoms with Gasteiger partial charge in [-0.1, -0.05) is 50.7 Å². The summed E-state index contributed by atoms with van der Waals surface area (Å²) in [5.41, 5.74) is 0.923. The van der Waals surface area contributed by atoms with Gasteiger partial charge in [-0.2, -0.15) is 4.31 Å². The average molecular weight is 391 g/mol. The number of anilines is 1. The van der Waals surface area contributed by atoms with Crippen molar-refractivity contribution in [2.24, 2.45) is 0 Å². The molecule has 27 heavy (non-hydrogen) atoms. The molecule has 3 fully saturated rings. The van der Waals surface area contributed by atoms with Gasteiger partial charge in [0.2, 0.25) is 10.0 Å². The summed E-state index contributed by atoms with van der Waals surface area (Å²) in [5.74, 6) is 0. The van der Waals surface area contributed by atoms with Gasteiger partial charge in [-0.3, -0.25) is 0 Å². The number of para-hydroxylation sites is 1. The van der Waals surface area contributed by atoms with Crippen molar-refractivity contribution in [3.05, 3.63) is 24.3 Å². The molecule has 2 aliphatic carbocycles. The van der Waals surface area contributed by atoms with Gasteiger partial charge in [0.25, 0.3) is 0 Å². The van der Waals surface area contributed by atoms with E-state index in [1.807, 2.05) is 28.6 Å². The maximum absolute atomic E-state index is 14.0. The third kappa shape index (κ3) is 4.04. The summed E-state index contributed by atoms with van der Waals surface area (Å²) >= 11 is 0. The monoisotopic (exact) mass is 390 g/mol. The lowest BCUT2D eigenvalue weighted by molar-refractivity contribution is 0.170. The van der Waals surface area contributed by atoms with E-state index >= 15 is 0 Å². The number of sulfonamides is 1. The summed E-state index contributed by atoms with van der Waals surface area (Å²) in [7, 11) is -3.48. The molecule has 5 heteroatoms. The lowest BCUT2D eigenvalue weighted by atomic mass is 9.91. The minimum Gasteiger partial charge on any atom is -0.370 e. The van der Waals surface area contributed by atoms with Crippen LogP contribution in [0.4, 0.5) is 5.69 Å². The Balaban J connectivity index is 1.71. The number of hydrogen-bond acceptors (Lipinski definition) is 3. The zero-order valence-corrected chi connectivity index (χ0v) is 17.3. The highest BCUT2D eigenvalue weighted by Gasteiger charge is 2.39. The van der Waals surface area contributed by atoms with E-state index in [0.717, 1.165) is 83.0 Å². The zero-order chi connectivity index (χ0) is 18.7. The van der Waals surface area contributed by atoms with Crippen molar-refractivity contribution in [3.8, 4) is 0 Å². The maximum atomic E-state index is 14.0. The SMILES string of the molecule is O=S(=O)(c1ccccc1N1CCCC1)N(C1CCCCC1)C1CCCCC1. The van der Waals surface area contributed by atoms with Crippen LogP contribution in [0.3, 0.4) is 0 Å². The first-order valence-electron chi connectivity index (χ1n) is 11.1. The van der Waals surface area contributed by atoms with Crippen LogP contribution in [0.25, 0.3) is 0 Å². The number of nitrogens with zero attached hydrogens (tertiary/aromatic N) is 2. The average Bonchev–Trinajstić information content (AvgIpc) is 3.24. The maximum Gasteiger partial charge on any atom is 0.245 e. The van der Waals surface area contributed by atoms with Crippen LogP contribution in [-0.2, 0) is 10.0 Å². The van der Waals surface area contributed by atoms with Gasteiger partial charge in [-0.05, 0) is 50.7 Å². The second-order valence-electron chi connectivity index (χ2n) is 8.58. The molecule has 1 aromatic rings. The van der Waals surface area contributed by atoms with E-state index in [1.54, 1.807) is 0 Å². The second-order valence-corrected chi connectivity index (χ2v) is 10.4. The first-order valence-corrected chi connectivity index (χ1v) is 12.5. The predicted molar refractivity (Wildman–Crippen MR) is 111 cm³/mol. The Labute approximate surface area is 165 Å². The third-order valence-electron chi connectivity index (χ3n) is 6.74. The molecular weight excluding hydrogens is 356 g/mol. The largest absolute Gasteiger partial charge is 0.370 e. The second kappa shape index (κ2) is 8.52. The summed E-state index contributed by atoms with van der Waals surface area (Å²) in [6, 6.07) is 8.13. The van der Waals surface area contributed by atoms with Crippen molar-refractivity contribution in [2.45, 2.75) is 94.0 Å². The molecule has 0 spiro atoms. The molecule has 0 unspecified atom stereocenters. The highest BCUT2D eigenvalue weighted by molar-refractivity contribution is 7.89. The van der Waals surface area contributed by atoms with Crippen LogP contribution in [0.5, 0.6) is 0 Å². The Morgan fingerprint density at radius 2 is 1.26 bits per heavy atom.